The summed E-state index contributed by atoms with van der Waals surface area (Å²) in [7, 11) is 3.67. The van der Waals surface area contributed by atoms with Crippen LogP contribution in [0.1, 0.15) is 17.3 Å². The summed E-state index contributed by atoms with van der Waals surface area (Å²) in [6.45, 7) is 1.52. The minimum atomic E-state index is -0.0313. The monoisotopic (exact) mass is 204 g/mol. The first-order valence-corrected chi connectivity index (χ1v) is 4.67. The van der Waals surface area contributed by atoms with E-state index >= 15 is 0 Å². The van der Waals surface area contributed by atoms with E-state index in [1.165, 1.54) is 6.92 Å². The Kier molecular flexibility index (Phi) is 2.19. The fourth-order valence-corrected chi connectivity index (χ4v) is 1.55. The van der Waals surface area contributed by atoms with E-state index in [0.717, 1.165) is 0 Å². The van der Waals surface area contributed by atoms with Gasteiger partial charge in [0.2, 0.25) is 5.88 Å². The minimum absolute atomic E-state index is 0.0313. The van der Waals surface area contributed by atoms with Gasteiger partial charge in [-0.2, -0.15) is 0 Å². The van der Waals surface area contributed by atoms with Gasteiger partial charge in [0.25, 0.3) is 0 Å². The lowest BCUT2D eigenvalue weighted by Crippen LogP contribution is -2.11. The van der Waals surface area contributed by atoms with Crippen molar-refractivity contribution >= 4 is 22.8 Å². The van der Waals surface area contributed by atoms with E-state index in [4.69, 9.17) is 4.42 Å². The first-order valence-electron chi connectivity index (χ1n) is 4.67. The maximum atomic E-state index is 11.5. The number of rotatable bonds is 2. The molecule has 0 saturated heterocycles. The van der Waals surface area contributed by atoms with Gasteiger partial charge in [-0.25, -0.2) is 0 Å². The quantitative estimate of drug-likeness (QED) is 0.703. The number of furan rings is 1. The summed E-state index contributed by atoms with van der Waals surface area (Å²) in [4.78, 5) is 17.5. The van der Waals surface area contributed by atoms with Crippen LogP contribution in [0.25, 0.3) is 11.1 Å². The summed E-state index contributed by atoms with van der Waals surface area (Å²) in [5.41, 5.74) is 1.83. The van der Waals surface area contributed by atoms with Gasteiger partial charge >= 0.3 is 0 Å². The molecule has 0 fully saturated rings. The van der Waals surface area contributed by atoms with Crippen molar-refractivity contribution in [2.24, 2.45) is 0 Å². The van der Waals surface area contributed by atoms with Crippen LogP contribution >= 0.6 is 0 Å². The van der Waals surface area contributed by atoms with Crippen LogP contribution in [-0.4, -0.2) is 24.9 Å². The van der Waals surface area contributed by atoms with Gasteiger partial charge in [-0.3, -0.25) is 9.78 Å². The van der Waals surface area contributed by atoms with Crippen LogP contribution in [0, 0.1) is 0 Å². The number of anilines is 1. The molecule has 0 bridgehead atoms. The molecule has 0 radical (unpaired) electrons. The van der Waals surface area contributed by atoms with Crippen molar-refractivity contribution in [3.05, 3.63) is 23.9 Å². The molecule has 4 heteroatoms. The van der Waals surface area contributed by atoms with Gasteiger partial charge in [-0.05, 0) is 19.1 Å². The zero-order chi connectivity index (χ0) is 11.0. The molecular weight excluding hydrogens is 192 g/mol. The van der Waals surface area contributed by atoms with Crippen molar-refractivity contribution in [2.75, 3.05) is 19.0 Å². The van der Waals surface area contributed by atoms with Gasteiger partial charge in [0.15, 0.2) is 11.4 Å². The molecule has 15 heavy (non-hydrogen) atoms. The number of carbonyl (C=O) groups excluding carboxylic acids is 1. The highest BCUT2D eigenvalue weighted by Crippen LogP contribution is 2.30. The highest BCUT2D eigenvalue weighted by Gasteiger charge is 2.19. The predicted octanol–water partition coefficient (Wildman–Crippen LogP) is 2.10. The number of fused-ring (bicyclic) bond motifs is 1. The Morgan fingerprint density at radius 3 is 2.80 bits per heavy atom. The number of aromatic nitrogens is 1. The second-order valence-electron chi connectivity index (χ2n) is 3.58. The third kappa shape index (κ3) is 1.48. The summed E-state index contributed by atoms with van der Waals surface area (Å²) < 4.78 is 5.56. The first-order chi connectivity index (χ1) is 7.11. The number of hydrogen-bond acceptors (Lipinski definition) is 4. The topological polar surface area (TPSA) is 46.3 Å². The normalized spacial score (nSPS) is 10.6. The summed E-state index contributed by atoms with van der Waals surface area (Å²) in [6, 6.07) is 3.59. The number of nitrogens with zero attached hydrogens (tertiary/aromatic N) is 2. The van der Waals surface area contributed by atoms with Crippen molar-refractivity contribution in [3.63, 3.8) is 0 Å². The van der Waals surface area contributed by atoms with Gasteiger partial charge < -0.3 is 9.32 Å². The van der Waals surface area contributed by atoms with Gasteiger partial charge in [-0.15, -0.1) is 0 Å². The highest BCUT2D eigenvalue weighted by atomic mass is 16.4. The van der Waals surface area contributed by atoms with Crippen LogP contribution in [0.5, 0.6) is 0 Å². The second kappa shape index (κ2) is 3.38. The lowest BCUT2D eigenvalue weighted by Gasteiger charge is -2.08. The molecule has 2 heterocycles. The smallest absolute Gasteiger partial charge is 0.208 e. The zero-order valence-electron chi connectivity index (χ0n) is 8.94. The van der Waals surface area contributed by atoms with Crippen molar-refractivity contribution in [1.29, 1.82) is 0 Å². The van der Waals surface area contributed by atoms with E-state index < -0.39 is 0 Å². The van der Waals surface area contributed by atoms with Crippen molar-refractivity contribution < 1.29 is 9.21 Å². The fraction of sp³-hybridized carbons (Fsp3) is 0.273. The Bertz CT molecular complexity index is 514. The number of pyridine rings is 1. The molecular formula is C11H12N2O2. The maximum absolute atomic E-state index is 11.5. The molecule has 0 aliphatic heterocycles. The Hall–Kier alpha value is -1.84. The van der Waals surface area contributed by atoms with Gasteiger partial charge in [0, 0.05) is 20.3 Å². The lowest BCUT2D eigenvalue weighted by molar-refractivity contribution is 0.101. The molecule has 0 aromatic carbocycles. The largest absolute Gasteiger partial charge is 0.438 e. The van der Waals surface area contributed by atoms with E-state index in [2.05, 4.69) is 4.98 Å². The lowest BCUT2D eigenvalue weighted by atomic mass is 10.2. The molecule has 2 rings (SSSR count). The fourth-order valence-electron chi connectivity index (χ4n) is 1.55. The number of hydrogen-bond donors (Lipinski definition) is 0. The highest BCUT2D eigenvalue weighted by molar-refractivity contribution is 6.09. The third-order valence-electron chi connectivity index (χ3n) is 2.19. The zero-order valence-corrected chi connectivity index (χ0v) is 8.94. The van der Waals surface area contributed by atoms with Crippen LogP contribution in [-0.2, 0) is 0 Å². The average molecular weight is 204 g/mol. The van der Waals surface area contributed by atoms with E-state index in [-0.39, 0.29) is 5.78 Å². The molecule has 0 aliphatic rings. The van der Waals surface area contributed by atoms with Gasteiger partial charge in [0.1, 0.15) is 11.1 Å². The number of Topliss-reactive ketones (excluding diaryl/α,β-unsaturated/α-hetero) is 1. The van der Waals surface area contributed by atoms with Gasteiger partial charge in [0.05, 0.1) is 0 Å². The molecule has 2 aromatic heterocycles. The molecule has 0 saturated carbocycles. The molecule has 2 aromatic rings. The summed E-state index contributed by atoms with van der Waals surface area (Å²) in [6.07, 6.45) is 1.66. The van der Waals surface area contributed by atoms with Gasteiger partial charge in [-0.1, -0.05) is 0 Å². The molecule has 4 nitrogen and oxygen atoms in total. The predicted molar refractivity (Wildman–Crippen MR) is 58.3 cm³/mol. The van der Waals surface area contributed by atoms with E-state index in [9.17, 15) is 4.79 Å². The maximum Gasteiger partial charge on any atom is 0.208 e. The van der Waals surface area contributed by atoms with Crippen molar-refractivity contribution in [2.45, 2.75) is 6.92 Å². The molecule has 0 spiro atoms. The van der Waals surface area contributed by atoms with Crippen LogP contribution < -0.4 is 4.90 Å². The second-order valence-corrected chi connectivity index (χ2v) is 3.58. The SMILES string of the molecule is CC(=O)c1c(N(C)C)oc2cccnc12. The molecule has 0 atom stereocenters. The number of carbonyl (C=O) groups is 1. The van der Waals surface area contributed by atoms with Crippen LogP contribution in [0.15, 0.2) is 22.7 Å². The Morgan fingerprint density at radius 2 is 2.20 bits per heavy atom. The third-order valence-corrected chi connectivity index (χ3v) is 2.19. The van der Waals surface area contributed by atoms with Crippen LogP contribution in [0.2, 0.25) is 0 Å². The molecule has 0 amide bonds. The summed E-state index contributed by atoms with van der Waals surface area (Å²) in [5, 5.41) is 0. The van der Waals surface area contributed by atoms with Crippen LogP contribution in [0.3, 0.4) is 0 Å². The minimum Gasteiger partial charge on any atom is -0.438 e. The molecule has 0 aliphatic carbocycles. The van der Waals surface area contributed by atoms with Crippen molar-refractivity contribution in [1.82, 2.24) is 4.98 Å². The summed E-state index contributed by atoms with van der Waals surface area (Å²) >= 11 is 0. The van der Waals surface area contributed by atoms with E-state index in [1.807, 2.05) is 20.2 Å². The van der Waals surface area contributed by atoms with E-state index in [1.54, 1.807) is 17.2 Å². The Labute approximate surface area is 87.5 Å². The Morgan fingerprint density at radius 1 is 1.47 bits per heavy atom. The van der Waals surface area contributed by atoms with E-state index in [0.29, 0.717) is 22.5 Å². The molecule has 0 N–H and O–H groups in total. The van der Waals surface area contributed by atoms with Crippen molar-refractivity contribution in [3.8, 4) is 0 Å². The average Bonchev–Trinajstić information content (AvgIpc) is 2.56. The van der Waals surface area contributed by atoms with Crippen LogP contribution in [0.4, 0.5) is 5.88 Å². The first kappa shape index (κ1) is 9.71. The summed E-state index contributed by atoms with van der Waals surface area (Å²) in [5.74, 6) is 0.535. The Balaban J connectivity index is 2.80. The number of ketones is 1. The molecule has 0 unspecified atom stereocenters. The molecule has 78 valence electrons. The standard InChI is InChI=1S/C11H12N2O2/c1-7(14)9-10-8(5-4-6-12-10)15-11(9)13(2)3/h4-6H,1-3H3.